The molecule has 0 aromatic heterocycles. The number of methoxy groups -OCH3 is 1. The predicted octanol–water partition coefficient (Wildman–Crippen LogP) is 2.40. The number of esters is 1. The predicted molar refractivity (Wildman–Crippen MR) is 88.1 cm³/mol. The van der Waals surface area contributed by atoms with Crippen molar-refractivity contribution in [2.75, 3.05) is 13.7 Å². The number of fused-ring (bicyclic) bond motifs is 1. The first-order chi connectivity index (χ1) is 11.2. The normalized spacial score (nSPS) is 19.4. The molecular formula is C19H21NO3. The fraction of sp³-hybridized carbons (Fsp3) is 0.316. The molecule has 3 rings (SSSR count). The van der Waals surface area contributed by atoms with Crippen molar-refractivity contribution in [3.63, 3.8) is 0 Å². The van der Waals surface area contributed by atoms with Gasteiger partial charge in [0, 0.05) is 6.54 Å². The van der Waals surface area contributed by atoms with E-state index in [9.17, 15) is 9.90 Å². The molecule has 0 saturated heterocycles. The fourth-order valence-corrected chi connectivity index (χ4v) is 3.29. The van der Waals surface area contributed by atoms with Crippen LogP contribution in [0.1, 0.15) is 33.5 Å². The summed E-state index contributed by atoms with van der Waals surface area (Å²) in [4.78, 5) is 11.6. The summed E-state index contributed by atoms with van der Waals surface area (Å²) in [6.45, 7) is 0.639. The Kier molecular flexibility index (Phi) is 4.46. The minimum Gasteiger partial charge on any atom is -0.465 e. The first kappa shape index (κ1) is 15.7. The molecule has 0 bridgehead atoms. The van der Waals surface area contributed by atoms with E-state index in [1.807, 2.05) is 30.3 Å². The van der Waals surface area contributed by atoms with E-state index in [4.69, 9.17) is 4.74 Å². The number of carbonyl (C=O) groups is 1. The zero-order chi connectivity index (χ0) is 16.3. The first-order valence-electron chi connectivity index (χ1n) is 7.80. The summed E-state index contributed by atoms with van der Waals surface area (Å²) in [5, 5.41) is 13.5. The van der Waals surface area contributed by atoms with Gasteiger partial charge in [-0.25, -0.2) is 4.79 Å². The van der Waals surface area contributed by atoms with Crippen molar-refractivity contribution in [1.29, 1.82) is 0 Å². The molecule has 1 aliphatic rings. The van der Waals surface area contributed by atoms with Crippen LogP contribution in [0.5, 0.6) is 0 Å². The number of aliphatic hydroxyl groups is 1. The molecule has 0 aliphatic heterocycles. The third kappa shape index (κ3) is 3.00. The minimum absolute atomic E-state index is 0.0563. The third-order valence-electron chi connectivity index (χ3n) is 4.60. The molecule has 0 amide bonds. The van der Waals surface area contributed by atoms with Gasteiger partial charge < -0.3 is 15.2 Å². The van der Waals surface area contributed by atoms with Crippen molar-refractivity contribution in [3.8, 4) is 0 Å². The smallest absolute Gasteiger partial charge is 0.337 e. The lowest BCUT2D eigenvalue weighted by Crippen LogP contribution is -2.43. The highest BCUT2D eigenvalue weighted by Crippen LogP contribution is 2.36. The maximum absolute atomic E-state index is 11.6. The lowest BCUT2D eigenvalue weighted by Gasteiger charge is -2.30. The van der Waals surface area contributed by atoms with E-state index < -0.39 is 5.54 Å². The summed E-state index contributed by atoms with van der Waals surface area (Å²) in [5.74, 6) is -0.338. The lowest BCUT2D eigenvalue weighted by atomic mass is 9.92. The third-order valence-corrected chi connectivity index (χ3v) is 4.60. The van der Waals surface area contributed by atoms with Gasteiger partial charge in [0.05, 0.1) is 24.8 Å². The number of aryl methyl sites for hydroxylation is 1. The molecule has 1 aliphatic carbocycles. The topological polar surface area (TPSA) is 58.6 Å². The Bertz CT molecular complexity index is 713. The molecule has 0 spiro atoms. The van der Waals surface area contributed by atoms with E-state index in [2.05, 4.69) is 17.4 Å². The van der Waals surface area contributed by atoms with Gasteiger partial charge in [-0.15, -0.1) is 0 Å². The second-order valence-electron chi connectivity index (χ2n) is 5.94. The summed E-state index contributed by atoms with van der Waals surface area (Å²) in [7, 11) is 1.38. The molecule has 4 nitrogen and oxygen atoms in total. The molecule has 2 N–H and O–H groups in total. The number of aliphatic hydroxyl groups excluding tert-OH is 1. The van der Waals surface area contributed by atoms with Gasteiger partial charge >= 0.3 is 5.97 Å². The minimum atomic E-state index is -0.405. The molecule has 1 atom stereocenters. The van der Waals surface area contributed by atoms with Crippen molar-refractivity contribution >= 4 is 5.97 Å². The first-order valence-corrected chi connectivity index (χ1v) is 7.80. The van der Waals surface area contributed by atoms with Crippen molar-refractivity contribution in [1.82, 2.24) is 5.32 Å². The average Bonchev–Trinajstić information content (AvgIpc) is 2.99. The number of hydrogen-bond acceptors (Lipinski definition) is 4. The SMILES string of the molecule is COC(=O)c1cccc(CN[C@@]2(CO)CCc3ccccc32)c1. The van der Waals surface area contributed by atoms with Crippen LogP contribution < -0.4 is 5.32 Å². The van der Waals surface area contributed by atoms with Crippen molar-refractivity contribution in [3.05, 3.63) is 70.8 Å². The second kappa shape index (κ2) is 6.52. The summed E-state index contributed by atoms with van der Waals surface area (Å²) >= 11 is 0. The van der Waals surface area contributed by atoms with E-state index in [1.165, 1.54) is 18.2 Å². The van der Waals surface area contributed by atoms with Crippen LogP contribution in [-0.4, -0.2) is 24.8 Å². The Labute approximate surface area is 136 Å². The molecule has 2 aromatic carbocycles. The van der Waals surface area contributed by atoms with E-state index >= 15 is 0 Å². The molecule has 23 heavy (non-hydrogen) atoms. The number of hydrogen-bond donors (Lipinski definition) is 2. The molecule has 0 radical (unpaired) electrons. The zero-order valence-corrected chi connectivity index (χ0v) is 13.2. The van der Waals surface area contributed by atoms with E-state index in [0.717, 1.165) is 18.4 Å². The van der Waals surface area contributed by atoms with Crippen LogP contribution in [-0.2, 0) is 23.2 Å². The average molecular weight is 311 g/mol. The summed E-state index contributed by atoms with van der Waals surface area (Å²) in [6, 6.07) is 15.6. The van der Waals surface area contributed by atoms with Gasteiger partial charge in [-0.3, -0.25) is 0 Å². The summed E-state index contributed by atoms with van der Waals surface area (Å²) in [5.41, 5.74) is 3.59. The molecule has 2 aromatic rings. The number of rotatable bonds is 5. The number of carbonyl (C=O) groups excluding carboxylic acids is 1. The van der Waals surface area contributed by atoms with Gasteiger partial charge in [-0.05, 0) is 41.7 Å². The largest absolute Gasteiger partial charge is 0.465 e. The number of benzene rings is 2. The van der Waals surface area contributed by atoms with Crippen LogP contribution >= 0.6 is 0 Å². The van der Waals surface area contributed by atoms with Crippen LogP contribution in [0.4, 0.5) is 0 Å². The van der Waals surface area contributed by atoms with Crippen LogP contribution in [0.25, 0.3) is 0 Å². The van der Waals surface area contributed by atoms with Gasteiger partial charge in [0.15, 0.2) is 0 Å². The summed E-state index contributed by atoms with van der Waals surface area (Å²) in [6.07, 6.45) is 1.84. The zero-order valence-electron chi connectivity index (χ0n) is 13.2. The highest BCUT2D eigenvalue weighted by atomic mass is 16.5. The van der Waals surface area contributed by atoms with Crippen LogP contribution in [0.15, 0.2) is 48.5 Å². The molecule has 0 unspecified atom stereocenters. The van der Waals surface area contributed by atoms with Gasteiger partial charge in [-0.2, -0.15) is 0 Å². The van der Waals surface area contributed by atoms with E-state index in [0.29, 0.717) is 12.1 Å². The Morgan fingerprint density at radius 3 is 2.87 bits per heavy atom. The monoisotopic (exact) mass is 311 g/mol. The number of nitrogens with one attached hydrogen (secondary N) is 1. The molecule has 120 valence electrons. The van der Waals surface area contributed by atoms with Crippen LogP contribution in [0.3, 0.4) is 0 Å². The van der Waals surface area contributed by atoms with Crippen LogP contribution in [0, 0.1) is 0 Å². The standard InChI is InChI=1S/C19H21NO3/c1-23-18(22)16-7-4-5-14(11-16)12-20-19(13-21)10-9-15-6-2-3-8-17(15)19/h2-8,11,20-21H,9-10,12-13H2,1H3/t19-/m1/s1. The van der Waals surface area contributed by atoms with Crippen molar-refractivity contribution in [2.45, 2.75) is 24.9 Å². The number of ether oxygens (including phenoxy) is 1. The fourth-order valence-electron chi connectivity index (χ4n) is 3.29. The summed E-state index contributed by atoms with van der Waals surface area (Å²) < 4.78 is 4.76. The van der Waals surface area contributed by atoms with Gasteiger partial charge in [0.2, 0.25) is 0 Å². The highest BCUT2D eigenvalue weighted by Gasteiger charge is 2.37. The van der Waals surface area contributed by atoms with Gasteiger partial charge in [0.1, 0.15) is 0 Å². The van der Waals surface area contributed by atoms with Gasteiger partial charge in [-0.1, -0.05) is 36.4 Å². The molecule has 4 heteroatoms. The molecule has 0 saturated carbocycles. The Morgan fingerprint density at radius 2 is 2.09 bits per heavy atom. The van der Waals surface area contributed by atoms with Gasteiger partial charge in [0.25, 0.3) is 0 Å². The maximum Gasteiger partial charge on any atom is 0.337 e. The maximum atomic E-state index is 11.6. The lowest BCUT2D eigenvalue weighted by molar-refractivity contribution is 0.0600. The Balaban J connectivity index is 1.79. The van der Waals surface area contributed by atoms with E-state index in [1.54, 1.807) is 6.07 Å². The Morgan fingerprint density at radius 1 is 1.26 bits per heavy atom. The highest BCUT2D eigenvalue weighted by molar-refractivity contribution is 5.89. The molecule has 0 heterocycles. The van der Waals surface area contributed by atoms with E-state index in [-0.39, 0.29) is 12.6 Å². The molecular weight excluding hydrogens is 290 g/mol. The quantitative estimate of drug-likeness (QED) is 0.833. The Hall–Kier alpha value is -2.17. The van der Waals surface area contributed by atoms with Crippen molar-refractivity contribution in [2.24, 2.45) is 0 Å². The molecule has 0 fully saturated rings. The second-order valence-corrected chi connectivity index (χ2v) is 5.94. The van der Waals surface area contributed by atoms with Crippen LogP contribution in [0.2, 0.25) is 0 Å². The van der Waals surface area contributed by atoms with Crippen molar-refractivity contribution < 1.29 is 14.6 Å².